The molecule has 0 aliphatic heterocycles. The third-order valence-corrected chi connectivity index (χ3v) is 5.47. The lowest BCUT2D eigenvalue weighted by atomic mass is 9.97. The number of rotatable bonds is 3. The van der Waals surface area contributed by atoms with Crippen molar-refractivity contribution in [3.8, 4) is 0 Å². The molecule has 21 heavy (non-hydrogen) atoms. The molecule has 112 valence electrons. The van der Waals surface area contributed by atoms with E-state index in [0.717, 1.165) is 29.5 Å². The number of amides is 1. The Balaban J connectivity index is 2.11. The summed E-state index contributed by atoms with van der Waals surface area (Å²) < 4.78 is 1.91. The molecule has 1 aliphatic carbocycles. The number of carbonyl (C=O) groups excluding carboxylic acids is 1. The minimum atomic E-state index is -0.0938. The van der Waals surface area contributed by atoms with Gasteiger partial charge < -0.3 is 10.3 Å². The Hall–Kier alpha value is -1.47. The molecular weight excluding hydrogens is 306 g/mol. The lowest BCUT2D eigenvalue weighted by Crippen LogP contribution is -2.26. The number of H-pyrrole nitrogens is 1. The average Bonchev–Trinajstić information content (AvgIpc) is 2.84. The van der Waals surface area contributed by atoms with Crippen LogP contribution in [0, 0.1) is 4.77 Å². The van der Waals surface area contributed by atoms with Gasteiger partial charge in [-0.05, 0) is 43.5 Å². The van der Waals surface area contributed by atoms with Gasteiger partial charge in [0.2, 0.25) is 5.91 Å². The van der Waals surface area contributed by atoms with Crippen LogP contribution in [-0.4, -0.2) is 22.5 Å². The molecule has 0 bridgehead atoms. The maximum atomic E-state index is 12.7. The zero-order valence-corrected chi connectivity index (χ0v) is 13.5. The molecule has 0 unspecified atom stereocenters. The Labute approximate surface area is 131 Å². The Bertz CT molecular complexity index is 816. The highest BCUT2D eigenvalue weighted by Crippen LogP contribution is 2.33. The van der Waals surface area contributed by atoms with Gasteiger partial charge in [0.1, 0.15) is 4.83 Å². The average molecular weight is 323 g/mol. The van der Waals surface area contributed by atoms with Gasteiger partial charge in [0.15, 0.2) is 4.77 Å². The number of nitrogens with zero attached hydrogens (tertiary/aromatic N) is 1. The van der Waals surface area contributed by atoms with E-state index in [1.54, 1.807) is 18.4 Å². The van der Waals surface area contributed by atoms with Crippen LogP contribution in [0.4, 0.5) is 0 Å². The number of hydrogen-bond donors (Lipinski definition) is 2. The van der Waals surface area contributed by atoms with Crippen LogP contribution in [0.25, 0.3) is 10.2 Å². The van der Waals surface area contributed by atoms with E-state index in [1.165, 1.54) is 21.4 Å². The maximum absolute atomic E-state index is 12.7. The standard InChI is InChI=1S/C14H17N3O2S2/c1-15-10(18)6-7-17-13(19)11-8-4-2-3-5-9(8)21-12(11)16-14(17)20/h2-7H2,1H3,(H,15,18)(H,16,20). The number of aromatic amines is 1. The number of aromatic nitrogens is 2. The zero-order valence-electron chi connectivity index (χ0n) is 11.8. The lowest BCUT2D eigenvalue weighted by Gasteiger charge is -2.10. The molecule has 0 atom stereocenters. The summed E-state index contributed by atoms with van der Waals surface area (Å²) in [6, 6.07) is 0. The number of carbonyl (C=O) groups is 1. The third-order valence-electron chi connectivity index (χ3n) is 3.94. The summed E-state index contributed by atoms with van der Waals surface area (Å²) in [7, 11) is 1.59. The molecule has 2 aromatic rings. The summed E-state index contributed by atoms with van der Waals surface area (Å²) in [5.41, 5.74) is 1.13. The number of thiophene rings is 1. The monoisotopic (exact) mass is 323 g/mol. The Morgan fingerprint density at radius 2 is 2.19 bits per heavy atom. The first-order chi connectivity index (χ1) is 10.1. The topological polar surface area (TPSA) is 66.9 Å². The van der Waals surface area contributed by atoms with E-state index in [9.17, 15) is 9.59 Å². The second-order valence-electron chi connectivity index (χ2n) is 5.23. The summed E-state index contributed by atoms with van der Waals surface area (Å²) in [4.78, 5) is 29.5. The maximum Gasteiger partial charge on any atom is 0.263 e. The molecule has 0 spiro atoms. The van der Waals surface area contributed by atoms with Crippen molar-refractivity contribution in [1.82, 2.24) is 14.9 Å². The fourth-order valence-corrected chi connectivity index (χ4v) is 4.43. The smallest absolute Gasteiger partial charge is 0.263 e. The second-order valence-corrected chi connectivity index (χ2v) is 6.72. The summed E-state index contributed by atoms with van der Waals surface area (Å²) in [6.45, 7) is 0.314. The minimum absolute atomic E-state index is 0.0583. The first-order valence-electron chi connectivity index (χ1n) is 7.09. The van der Waals surface area contributed by atoms with Gasteiger partial charge in [0.05, 0.1) is 5.39 Å². The third kappa shape index (κ3) is 2.55. The highest BCUT2D eigenvalue weighted by Gasteiger charge is 2.20. The van der Waals surface area contributed by atoms with Crippen LogP contribution >= 0.6 is 23.6 Å². The Morgan fingerprint density at radius 3 is 2.95 bits per heavy atom. The van der Waals surface area contributed by atoms with E-state index < -0.39 is 0 Å². The molecule has 5 nitrogen and oxygen atoms in total. The molecule has 0 radical (unpaired) electrons. The lowest BCUT2D eigenvalue weighted by molar-refractivity contribution is -0.120. The Morgan fingerprint density at radius 1 is 1.43 bits per heavy atom. The van der Waals surface area contributed by atoms with E-state index in [4.69, 9.17) is 12.2 Å². The van der Waals surface area contributed by atoms with Crippen LogP contribution in [0.2, 0.25) is 0 Å². The summed E-state index contributed by atoms with van der Waals surface area (Å²) >= 11 is 6.93. The first-order valence-corrected chi connectivity index (χ1v) is 8.32. The highest BCUT2D eigenvalue weighted by molar-refractivity contribution is 7.71. The van der Waals surface area contributed by atoms with E-state index in [2.05, 4.69) is 10.3 Å². The number of aryl methyl sites for hydroxylation is 2. The normalized spacial score (nSPS) is 14.1. The molecule has 1 aliphatic rings. The number of nitrogens with one attached hydrogen (secondary N) is 2. The fraction of sp³-hybridized carbons (Fsp3) is 0.500. The molecule has 2 heterocycles. The van der Waals surface area contributed by atoms with Crippen LogP contribution in [0.1, 0.15) is 29.7 Å². The SMILES string of the molecule is CNC(=O)CCn1c(=S)[nH]c2sc3c(c2c1=O)CCCC3. The van der Waals surface area contributed by atoms with Crippen molar-refractivity contribution in [3.63, 3.8) is 0 Å². The molecule has 0 saturated carbocycles. The van der Waals surface area contributed by atoms with Crippen LogP contribution in [0.3, 0.4) is 0 Å². The van der Waals surface area contributed by atoms with Gasteiger partial charge in [-0.3, -0.25) is 14.2 Å². The second kappa shape index (κ2) is 5.73. The van der Waals surface area contributed by atoms with Crippen LogP contribution < -0.4 is 10.9 Å². The van der Waals surface area contributed by atoms with Crippen molar-refractivity contribution in [2.45, 2.75) is 38.6 Å². The first kappa shape index (κ1) is 14.5. The van der Waals surface area contributed by atoms with Crippen molar-refractivity contribution < 1.29 is 4.79 Å². The Kier molecular flexibility index (Phi) is 3.95. The summed E-state index contributed by atoms with van der Waals surface area (Å²) in [6.07, 6.45) is 4.58. The molecule has 3 rings (SSSR count). The zero-order chi connectivity index (χ0) is 15.0. The van der Waals surface area contributed by atoms with E-state index in [1.807, 2.05) is 0 Å². The summed E-state index contributed by atoms with van der Waals surface area (Å²) in [5.74, 6) is -0.0938. The minimum Gasteiger partial charge on any atom is -0.359 e. The van der Waals surface area contributed by atoms with Crippen LogP contribution in [0.15, 0.2) is 4.79 Å². The molecule has 7 heteroatoms. The van der Waals surface area contributed by atoms with Gasteiger partial charge in [0, 0.05) is 24.9 Å². The van der Waals surface area contributed by atoms with Gasteiger partial charge in [0.25, 0.3) is 5.56 Å². The van der Waals surface area contributed by atoms with Crippen molar-refractivity contribution in [2.75, 3.05) is 7.05 Å². The quantitative estimate of drug-likeness (QED) is 0.851. The van der Waals surface area contributed by atoms with Crippen LogP contribution in [0.5, 0.6) is 0 Å². The summed E-state index contributed by atoms with van der Waals surface area (Å²) in [5, 5.41) is 3.34. The van der Waals surface area contributed by atoms with Crippen LogP contribution in [-0.2, 0) is 24.2 Å². The van der Waals surface area contributed by atoms with Gasteiger partial charge in [-0.2, -0.15) is 0 Å². The fourth-order valence-electron chi connectivity index (χ4n) is 2.81. The van der Waals surface area contributed by atoms with Crippen molar-refractivity contribution in [3.05, 3.63) is 25.6 Å². The molecular formula is C14H17N3O2S2. The predicted octanol–water partition coefficient (Wildman–Crippen LogP) is 2.14. The van der Waals surface area contributed by atoms with Crippen molar-refractivity contribution in [1.29, 1.82) is 0 Å². The molecule has 0 saturated heterocycles. The largest absolute Gasteiger partial charge is 0.359 e. The van der Waals surface area contributed by atoms with E-state index in [-0.39, 0.29) is 17.9 Å². The van der Waals surface area contributed by atoms with Gasteiger partial charge in [-0.25, -0.2) is 0 Å². The molecule has 2 N–H and O–H groups in total. The molecule has 1 amide bonds. The van der Waals surface area contributed by atoms with E-state index >= 15 is 0 Å². The predicted molar refractivity (Wildman–Crippen MR) is 86.6 cm³/mol. The van der Waals surface area contributed by atoms with E-state index in [0.29, 0.717) is 11.3 Å². The van der Waals surface area contributed by atoms with Gasteiger partial charge in [-0.15, -0.1) is 11.3 Å². The van der Waals surface area contributed by atoms with Gasteiger partial charge in [-0.1, -0.05) is 0 Å². The van der Waals surface area contributed by atoms with Crippen molar-refractivity contribution >= 4 is 39.7 Å². The highest BCUT2D eigenvalue weighted by atomic mass is 32.1. The van der Waals surface area contributed by atoms with Gasteiger partial charge >= 0.3 is 0 Å². The molecule has 2 aromatic heterocycles. The number of hydrogen-bond acceptors (Lipinski definition) is 4. The molecule has 0 aromatic carbocycles. The number of fused-ring (bicyclic) bond motifs is 3. The molecule has 0 fully saturated rings. The van der Waals surface area contributed by atoms with Crippen molar-refractivity contribution in [2.24, 2.45) is 0 Å².